The number of aromatic nitrogens is 1. The van der Waals surface area contributed by atoms with Gasteiger partial charge in [0.15, 0.2) is 0 Å². The van der Waals surface area contributed by atoms with Crippen molar-refractivity contribution in [1.82, 2.24) is 10.3 Å². The van der Waals surface area contributed by atoms with E-state index in [4.69, 9.17) is 22.1 Å². The Kier molecular flexibility index (Phi) is 9.16. The molecule has 10 heteroatoms. The zero-order valence-corrected chi connectivity index (χ0v) is 23.7. The van der Waals surface area contributed by atoms with E-state index in [1.807, 2.05) is 13.8 Å². The Morgan fingerprint density at radius 3 is 2.47 bits per heavy atom. The summed E-state index contributed by atoms with van der Waals surface area (Å²) in [5.74, 6) is -0.535. The summed E-state index contributed by atoms with van der Waals surface area (Å²) in [5.41, 5.74) is 5.24. The van der Waals surface area contributed by atoms with Crippen molar-refractivity contribution in [3.05, 3.63) is 52.4 Å². The van der Waals surface area contributed by atoms with E-state index in [0.29, 0.717) is 26.9 Å². The van der Waals surface area contributed by atoms with Gasteiger partial charge in [0.2, 0.25) is 0 Å². The summed E-state index contributed by atoms with van der Waals surface area (Å²) in [5, 5.41) is 14.1. The van der Waals surface area contributed by atoms with Crippen LogP contribution in [0.3, 0.4) is 0 Å². The van der Waals surface area contributed by atoms with Gasteiger partial charge in [0.1, 0.15) is 0 Å². The zero-order chi connectivity index (χ0) is 24.3. The number of hydrogen-bond acceptors (Lipinski definition) is 5. The maximum atomic E-state index is 13.7. The zero-order valence-electron chi connectivity index (χ0n) is 18.6. The Morgan fingerprint density at radius 1 is 1.28 bits per heavy atom. The van der Waals surface area contributed by atoms with Crippen LogP contribution >= 0.6 is 30.2 Å². The van der Waals surface area contributed by atoms with Gasteiger partial charge < -0.3 is 0 Å². The Balaban J connectivity index is 2.61. The van der Waals surface area contributed by atoms with Crippen molar-refractivity contribution in [3.8, 4) is 11.3 Å². The topological polar surface area (TPSA) is 97.5 Å². The molecule has 0 saturated carbocycles. The summed E-state index contributed by atoms with van der Waals surface area (Å²) in [4.78, 5) is 17.1. The van der Waals surface area contributed by atoms with Crippen LogP contribution in [0.15, 0.2) is 30.3 Å². The number of carbonyl (C=O) groups is 1. The number of nitrogens with two attached hydrogens (primary N) is 1. The first-order valence-corrected chi connectivity index (χ1v) is 18.0. The first-order chi connectivity index (χ1) is 14.7. The first-order valence-electron chi connectivity index (χ1n) is 9.83. The fraction of sp³-hybridized carbons (Fsp3) is 0.455. The van der Waals surface area contributed by atoms with E-state index in [-0.39, 0.29) is 28.8 Å². The average molecular weight is 691 g/mol. The number of hydrogen-bond donors (Lipinski definition) is 3. The summed E-state index contributed by atoms with van der Waals surface area (Å²) < 4.78 is 19.6. The Hall–Kier alpha value is -0.760. The monoisotopic (exact) mass is 690 g/mol. The molecule has 178 valence electrons. The number of alkyl carbamates (subject to hydrolysis) is 1. The molecule has 0 bridgehead atoms. The third-order valence-corrected chi connectivity index (χ3v) is 8.44. The van der Waals surface area contributed by atoms with Gasteiger partial charge in [0, 0.05) is 0 Å². The molecule has 6 nitrogen and oxygen atoms in total. The van der Waals surface area contributed by atoms with Crippen LogP contribution < -0.4 is 28.3 Å². The fourth-order valence-corrected chi connectivity index (χ4v) is 7.43. The van der Waals surface area contributed by atoms with Crippen molar-refractivity contribution in [2.75, 3.05) is 11.0 Å². The van der Waals surface area contributed by atoms with Crippen LogP contribution in [0, 0.1) is 5.82 Å². The van der Waals surface area contributed by atoms with Gasteiger partial charge in [-0.25, -0.2) is 0 Å². The number of aliphatic hydroxyl groups is 1. The fourth-order valence-electron chi connectivity index (χ4n) is 2.88. The van der Waals surface area contributed by atoms with Gasteiger partial charge >= 0.3 is 215 Å². The Morgan fingerprint density at radius 2 is 1.94 bits per heavy atom. The number of amides is 1. The van der Waals surface area contributed by atoms with Gasteiger partial charge in [-0.05, 0) is 0 Å². The van der Waals surface area contributed by atoms with Crippen LogP contribution in [-0.4, -0.2) is 32.8 Å². The number of ether oxygens (including phenoxy) is 1. The summed E-state index contributed by atoms with van der Waals surface area (Å²) >= 11 is 7.95. The predicted molar refractivity (Wildman–Crippen MR) is 129 cm³/mol. The number of rotatable bonds is 7. The van der Waals surface area contributed by atoms with Gasteiger partial charge in [-0.15, -0.1) is 0 Å². The van der Waals surface area contributed by atoms with Gasteiger partial charge in [-0.2, -0.15) is 0 Å². The molecule has 0 aliphatic carbocycles. The molecule has 2 rings (SSSR count). The summed E-state index contributed by atoms with van der Waals surface area (Å²) in [6, 6.07) is 7.84. The molecule has 1 unspecified atom stereocenters. The summed E-state index contributed by atoms with van der Waals surface area (Å²) in [6.45, 7) is 9.00. The van der Waals surface area contributed by atoms with Crippen molar-refractivity contribution in [1.29, 1.82) is 0 Å². The summed E-state index contributed by atoms with van der Waals surface area (Å²) in [6.07, 6.45) is -0.570. The molecule has 0 aliphatic heterocycles. The molecular weight excluding hydrogens is 663 g/mol. The van der Waals surface area contributed by atoms with Crippen LogP contribution in [0.25, 0.3) is 11.3 Å². The molecule has 0 spiro atoms. The average Bonchev–Trinajstić information content (AvgIpc) is 2.67. The molecule has 1 aromatic carbocycles. The van der Waals surface area contributed by atoms with Gasteiger partial charge in [0.25, 0.3) is 0 Å². The van der Waals surface area contributed by atoms with E-state index >= 15 is 0 Å². The molecule has 1 atom stereocenters. The van der Waals surface area contributed by atoms with Crippen molar-refractivity contribution in [3.63, 3.8) is 0 Å². The molecule has 0 aliphatic rings. The van der Waals surface area contributed by atoms with Crippen molar-refractivity contribution >= 4 is 36.3 Å². The number of nitrogens with one attached hydrogen (secondary N) is 1. The first kappa shape index (κ1) is 27.5. The van der Waals surface area contributed by atoms with Gasteiger partial charge in [-0.3, -0.25) is 0 Å². The van der Waals surface area contributed by atoms with E-state index in [1.54, 1.807) is 39.0 Å². The van der Waals surface area contributed by atoms with Crippen LogP contribution in [0.2, 0.25) is 5.02 Å². The van der Waals surface area contributed by atoms with E-state index in [9.17, 15) is 14.3 Å². The summed E-state index contributed by atoms with van der Waals surface area (Å²) in [7, 11) is 0. The SMILES string of the molecule is CC(C)(C)OC(=O)NC(C)(C)c1cc(-c2ccc(F)c(Cl)c2)nc(C(O)(CN)C[I-]I)c1. The predicted octanol–water partition coefficient (Wildman–Crippen LogP) is 1.89. The number of carbonyl (C=O) groups excluding carboxylic acids is 1. The standard InChI is InChI=1S/C22H28ClFI2N3O3/c1-20(2,3)32-19(30)29-21(4,5)14-9-17(13-6-7-16(24)15(23)8-13)28-18(10-14)22(31,12-27)11-26-25/h6-10,31H,11-12,27H2,1-5H3,(H,29,30)/q-1. The molecule has 1 amide bonds. The molecular formula is C22H28ClFI2N3O3-. The van der Waals surface area contributed by atoms with Gasteiger partial charge in [-0.1, -0.05) is 0 Å². The number of benzene rings is 1. The van der Waals surface area contributed by atoms with E-state index in [0.717, 1.165) is 0 Å². The van der Waals surface area contributed by atoms with Crippen LogP contribution in [0.1, 0.15) is 45.9 Å². The van der Waals surface area contributed by atoms with Crippen molar-refractivity contribution < 1.29 is 36.3 Å². The van der Waals surface area contributed by atoms with E-state index < -0.39 is 28.7 Å². The van der Waals surface area contributed by atoms with E-state index in [1.165, 1.54) is 12.1 Å². The minimum atomic E-state index is -1.31. The second-order valence-electron chi connectivity index (χ2n) is 8.98. The molecule has 2 aromatic rings. The molecule has 0 fully saturated rings. The van der Waals surface area contributed by atoms with Crippen LogP contribution in [0.5, 0.6) is 0 Å². The Labute approximate surface area is 213 Å². The van der Waals surface area contributed by atoms with Crippen LogP contribution in [0.4, 0.5) is 9.18 Å². The molecule has 1 heterocycles. The third kappa shape index (κ3) is 7.12. The quantitative estimate of drug-likeness (QED) is 0.305. The molecule has 0 saturated heterocycles. The molecule has 4 N–H and O–H groups in total. The molecule has 32 heavy (non-hydrogen) atoms. The van der Waals surface area contributed by atoms with Gasteiger partial charge in [0.05, 0.1) is 0 Å². The normalized spacial score (nSPS) is 14.2. The van der Waals surface area contributed by atoms with E-state index in [2.05, 4.69) is 28.9 Å². The maximum absolute atomic E-state index is 13.7. The minimum absolute atomic E-state index is 0.00425. The number of nitrogens with zero attached hydrogens (tertiary/aromatic N) is 1. The van der Waals surface area contributed by atoms with Crippen molar-refractivity contribution in [2.24, 2.45) is 5.73 Å². The molecule has 1 aromatic heterocycles. The van der Waals surface area contributed by atoms with Crippen molar-refractivity contribution in [2.45, 2.75) is 51.4 Å². The number of pyridine rings is 1. The van der Waals surface area contributed by atoms with Crippen LogP contribution in [-0.2, 0) is 15.9 Å². The Bertz CT molecular complexity index is 985. The number of halogens is 4. The molecule has 0 radical (unpaired) electrons. The second-order valence-corrected chi connectivity index (χ2v) is 14.6. The number of alkyl halides is 1. The third-order valence-electron chi connectivity index (χ3n) is 4.66. The second kappa shape index (κ2) is 10.7.